The molecule has 0 radical (unpaired) electrons. The molecule has 0 saturated heterocycles. The van der Waals surface area contributed by atoms with E-state index in [1.165, 1.54) is 199 Å². The summed E-state index contributed by atoms with van der Waals surface area (Å²) >= 11 is 0. The minimum absolute atomic E-state index is 0.000389. The van der Waals surface area contributed by atoms with Crippen molar-refractivity contribution in [3.05, 3.63) is 12.3 Å². The van der Waals surface area contributed by atoms with Crippen molar-refractivity contribution in [2.45, 2.75) is 258 Å². The van der Waals surface area contributed by atoms with E-state index in [1.807, 2.05) is 6.08 Å². The molecular weight excluding hydrogens is 683 g/mol. The Bertz CT molecular complexity index is 815. The topological polar surface area (TPSA) is 102 Å². The van der Waals surface area contributed by atoms with Gasteiger partial charge in [-0.1, -0.05) is 226 Å². The fourth-order valence-corrected chi connectivity index (χ4v) is 7.36. The number of rotatable bonds is 44. The number of hydrogen-bond donors (Lipinski definition) is 2. The van der Waals surface area contributed by atoms with Crippen molar-refractivity contribution < 1.29 is 33.1 Å². The van der Waals surface area contributed by atoms with E-state index in [0.29, 0.717) is 6.42 Å². The van der Waals surface area contributed by atoms with Crippen LogP contribution in [-0.2, 0) is 23.4 Å². The summed E-state index contributed by atoms with van der Waals surface area (Å²) in [7, 11) is -4.67. The van der Waals surface area contributed by atoms with Crippen LogP contribution in [0.15, 0.2) is 12.3 Å². The summed E-state index contributed by atoms with van der Waals surface area (Å²) in [5.41, 5.74) is 0. The van der Waals surface area contributed by atoms with Gasteiger partial charge in [0, 0.05) is 6.42 Å². The van der Waals surface area contributed by atoms with Crippen molar-refractivity contribution in [2.75, 3.05) is 13.2 Å². The van der Waals surface area contributed by atoms with Crippen LogP contribution in [0.3, 0.4) is 0 Å². The first kappa shape index (κ1) is 52.1. The summed E-state index contributed by atoms with van der Waals surface area (Å²) in [6.07, 6.45) is 50.2. The number of ether oxygens (including phenoxy) is 2. The van der Waals surface area contributed by atoms with Gasteiger partial charge >= 0.3 is 13.8 Å². The Kier molecular flexibility index (Phi) is 41.6. The molecule has 1 atom stereocenters. The molecule has 0 heterocycles. The highest BCUT2D eigenvalue weighted by molar-refractivity contribution is 7.46. The first-order valence-corrected chi connectivity index (χ1v) is 24.6. The first-order valence-electron chi connectivity index (χ1n) is 23.0. The molecule has 0 unspecified atom stereocenters. The molecule has 0 aliphatic carbocycles. The molecule has 0 aliphatic heterocycles. The molecular formula is C45H89O7P. The molecule has 0 aliphatic rings. The van der Waals surface area contributed by atoms with Crippen LogP contribution in [0.4, 0.5) is 0 Å². The van der Waals surface area contributed by atoms with Crippen molar-refractivity contribution in [1.29, 1.82) is 0 Å². The summed E-state index contributed by atoms with van der Waals surface area (Å²) < 4.78 is 26.8. The number of esters is 1. The highest BCUT2D eigenvalue weighted by Crippen LogP contribution is 2.36. The lowest BCUT2D eigenvalue weighted by molar-refractivity contribution is -0.153. The molecule has 0 aromatic rings. The molecule has 0 rings (SSSR count). The smallest absolute Gasteiger partial charge is 0.469 e. The maximum absolute atomic E-state index is 12.4. The van der Waals surface area contributed by atoms with E-state index >= 15 is 0 Å². The van der Waals surface area contributed by atoms with Gasteiger partial charge in [0.2, 0.25) is 0 Å². The molecule has 316 valence electrons. The number of hydrogen-bond acceptors (Lipinski definition) is 5. The number of unbranched alkanes of at least 4 members (excludes halogenated alkanes) is 34. The van der Waals surface area contributed by atoms with Crippen molar-refractivity contribution in [1.82, 2.24) is 0 Å². The molecule has 0 fully saturated rings. The van der Waals surface area contributed by atoms with Gasteiger partial charge in [0.1, 0.15) is 6.61 Å². The van der Waals surface area contributed by atoms with Crippen LogP contribution < -0.4 is 0 Å². The number of carbonyl (C=O) groups excluding carboxylic acids is 1. The van der Waals surface area contributed by atoms with Crippen molar-refractivity contribution in [3.8, 4) is 0 Å². The number of allylic oxidation sites excluding steroid dienone is 1. The molecule has 0 saturated carbocycles. The van der Waals surface area contributed by atoms with E-state index in [-0.39, 0.29) is 12.6 Å². The quantitative estimate of drug-likeness (QED) is 0.0275. The Balaban J connectivity index is 3.75. The third kappa shape index (κ3) is 45.4. The summed E-state index contributed by atoms with van der Waals surface area (Å²) in [5, 5.41) is 0. The van der Waals surface area contributed by atoms with Gasteiger partial charge in [-0.3, -0.25) is 9.32 Å². The maximum atomic E-state index is 12.4. The summed E-state index contributed by atoms with van der Waals surface area (Å²) in [5.74, 6) is -0.378. The van der Waals surface area contributed by atoms with Crippen LogP contribution in [0.2, 0.25) is 0 Å². The second-order valence-corrected chi connectivity index (χ2v) is 17.0. The normalized spacial score (nSPS) is 12.5. The van der Waals surface area contributed by atoms with E-state index < -0.39 is 20.5 Å². The Morgan fingerprint density at radius 3 is 1.15 bits per heavy atom. The SMILES string of the molecule is CCCCCCCCCCCCCCCCCC/C=C\OC[C@H](COP(=O)(O)O)OC(=O)CCCCCCCCCCCCCCCCCCCCC. The van der Waals surface area contributed by atoms with Crippen LogP contribution in [0.5, 0.6) is 0 Å². The fraction of sp³-hybridized carbons (Fsp3) is 0.933. The molecule has 0 aromatic carbocycles. The van der Waals surface area contributed by atoms with E-state index in [4.69, 9.17) is 19.3 Å². The predicted octanol–water partition coefficient (Wildman–Crippen LogP) is 15.0. The van der Waals surface area contributed by atoms with E-state index in [2.05, 4.69) is 18.4 Å². The monoisotopic (exact) mass is 773 g/mol. The number of carbonyl (C=O) groups is 1. The Morgan fingerprint density at radius 1 is 0.491 bits per heavy atom. The van der Waals surface area contributed by atoms with Crippen LogP contribution in [-0.4, -0.2) is 35.1 Å². The third-order valence-electron chi connectivity index (χ3n) is 10.4. The molecule has 0 bridgehead atoms. The minimum Gasteiger partial charge on any atom is -0.498 e. The zero-order chi connectivity index (χ0) is 38.8. The lowest BCUT2D eigenvalue weighted by Gasteiger charge is -2.18. The van der Waals surface area contributed by atoms with Gasteiger partial charge in [0.25, 0.3) is 0 Å². The lowest BCUT2D eigenvalue weighted by Crippen LogP contribution is -2.27. The van der Waals surface area contributed by atoms with Crippen molar-refractivity contribution in [3.63, 3.8) is 0 Å². The molecule has 0 spiro atoms. The van der Waals surface area contributed by atoms with Gasteiger partial charge < -0.3 is 19.3 Å². The lowest BCUT2D eigenvalue weighted by atomic mass is 10.0. The highest BCUT2D eigenvalue weighted by atomic mass is 31.2. The van der Waals surface area contributed by atoms with Gasteiger partial charge in [-0.15, -0.1) is 0 Å². The predicted molar refractivity (Wildman–Crippen MR) is 225 cm³/mol. The maximum Gasteiger partial charge on any atom is 0.469 e. The molecule has 0 amide bonds. The second kappa shape index (κ2) is 42.3. The van der Waals surface area contributed by atoms with Gasteiger partial charge in [-0.05, 0) is 25.3 Å². The largest absolute Gasteiger partial charge is 0.498 e. The van der Waals surface area contributed by atoms with Crippen LogP contribution >= 0.6 is 7.82 Å². The molecule has 2 N–H and O–H groups in total. The summed E-state index contributed by atoms with van der Waals surface area (Å²) in [4.78, 5) is 30.6. The zero-order valence-electron chi connectivity index (χ0n) is 35.2. The highest BCUT2D eigenvalue weighted by Gasteiger charge is 2.21. The van der Waals surface area contributed by atoms with Crippen LogP contribution in [0.1, 0.15) is 251 Å². The van der Waals surface area contributed by atoms with E-state index in [0.717, 1.165) is 32.1 Å². The fourth-order valence-electron chi connectivity index (χ4n) is 7.00. The van der Waals surface area contributed by atoms with E-state index in [1.54, 1.807) is 6.26 Å². The van der Waals surface area contributed by atoms with Gasteiger partial charge in [0.05, 0.1) is 12.9 Å². The molecule has 53 heavy (non-hydrogen) atoms. The first-order chi connectivity index (χ1) is 25.9. The average Bonchev–Trinajstić information content (AvgIpc) is 3.13. The third-order valence-corrected chi connectivity index (χ3v) is 10.9. The Labute approximate surface area is 329 Å². The van der Waals surface area contributed by atoms with Gasteiger partial charge in [-0.2, -0.15) is 0 Å². The Hall–Kier alpha value is -0.880. The second-order valence-electron chi connectivity index (χ2n) is 15.8. The number of phosphoric acid groups is 1. The molecule has 7 nitrogen and oxygen atoms in total. The zero-order valence-corrected chi connectivity index (χ0v) is 36.1. The average molecular weight is 773 g/mol. The van der Waals surface area contributed by atoms with Crippen LogP contribution in [0.25, 0.3) is 0 Å². The van der Waals surface area contributed by atoms with Gasteiger partial charge in [-0.25, -0.2) is 4.57 Å². The Morgan fingerprint density at radius 2 is 0.811 bits per heavy atom. The number of phosphoric ester groups is 1. The molecule has 0 aromatic heterocycles. The molecule has 8 heteroatoms. The van der Waals surface area contributed by atoms with Crippen LogP contribution in [0, 0.1) is 0 Å². The van der Waals surface area contributed by atoms with Gasteiger partial charge in [0.15, 0.2) is 6.10 Å². The summed E-state index contributed by atoms with van der Waals surface area (Å²) in [6.45, 7) is 4.15. The van der Waals surface area contributed by atoms with Crippen molar-refractivity contribution >= 4 is 13.8 Å². The van der Waals surface area contributed by atoms with Crippen molar-refractivity contribution in [2.24, 2.45) is 0 Å². The minimum atomic E-state index is -4.67. The summed E-state index contributed by atoms with van der Waals surface area (Å²) in [6, 6.07) is 0. The van der Waals surface area contributed by atoms with E-state index in [9.17, 15) is 9.36 Å². The standard InChI is InChI=1S/C45H89O7P/c1-3-5-7-9-11-13-15-17-19-21-23-24-26-28-30-32-34-36-38-40-45(46)52-44(43-51-53(47,48)49)42-50-41-39-37-35-33-31-29-27-25-22-20-18-16-14-12-10-8-6-4-2/h39,41,44H,3-38,40,42-43H2,1-2H3,(H2,47,48,49)/b41-39-/t44-/m1/s1.